The van der Waals surface area contributed by atoms with E-state index in [0.717, 1.165) is 5.56 Å². The number of hydrogen-bond acceptors (Lipinski definition) is 5. The molecule has 34 heavy (non-hydrogen) atoms. The lowest BCUT2D eigenvalue weighted by Gasteiger charge is -2.25. The van der Waals surface area contributed by atoms with Crippen LogP contribution in [0, 0.1) is 12.7 Å². The number of pyridine rings is 1. The zero-order valence-electron chi connectivity index (χ0n) is 18.6. The lowest BCUT2D eigenvalue weighted by Crippen LogP contribution is -2.29. The molecule has 0 bridgehead atoms. The molecule has 1 aliphatic rings. The Labute approximate surface area is 196 Å². The molecule has 1 fully saturated rings. The molecule has 3 aromatic rings. The monoisotopic (exact) mass is 458 g/mol. The van der Waals surface area contributed by atoms with Crippen LogP contribution in [0.2, 0.25) is 0 Å². The van der Waals surface area contributed by atoms with Crippen LogP contribution in [0.5, 0.6) is 5.75 Å². The zero-order valence-corrected chi connectivity index (χ0v) is 18.6. The minimum Gasteiger partial charge on any atom is -0.507 e. The van der Waals surface area contributed by atoms with E-state index in [9.17, 15) is 19.1 Å². The van der Waals surface area contributed by atoms with Crippen molar-refractivity contribution in [2.24, 2.45) is 0 Å². The quantitative estimate of drug-likeness (QED) is 0.240. The summed E-state index contributed by atoms with van der Waals surface area (Å²) in [7, 11) is 0. The van der Waals surface area contributed by atoms with Crippen molar-refractivity contribution in [3.8, 4) is 5.75 Å². The maximum atomic E-state index is 14.9. The number of aliphatic hydroxyl groups excluding tert-OH is 1. The van der Waals surface area contributed by atoms with Crippen LogP contribution in [0.1, 0.15) is 28.3 Å². The van der Waals surface area contributed by atoms with Gasteiger partial charge in [-0.2, -0.15) is 0 Å². The van der Waals surface area contributed by atoms with Gasteiger partial charge in [0.2, 0.25) is 0 Å². The van der Waals surface area contributed by atoms with Crippen LogP contribution in [-0.2, 0) is 16.1 Å². The van der Waals surface area contributed by atoms with E-state index in [1.807, 2.05) is 0 Å². The number of hydrogen-bond donors (Lipinski definition) is 1. The first-order valence-electron chi connectivity index (χ1n) is 10.7. The fraction of sp³-hybridized carbons (Fsp3) is 0.148. The fourth-order valence-corrected chi connectivity index (χ4v) is 4.01. The third-order valence-electron chi connectivity index (χ3n) is 5.62. The number of nitrogens with zero attached hydrogens (tertiary/aromatic N) is 2. The molecule has 2 aromatic carbocycles. The summed E-state index contributed by atoms with van der Waals surface area (Å²) in [5.74, 6) is -2.06. The van der Waals surface area contributed by atoms with Crippen molar-refractivity contribution < 1.29 is 23.8 Å². The van der Waals surface area contributed by atoms with E-state index in [4.69, 9.17) is 4.74 Å². The van der Waals surface area contributed by atoms with Crippen LogP contribution in [0.25, 0.3) is 5.76 Å². The van der Waals surface area contributed by atoms with Gasteiger partial charge in [0.25, 0.3) is 11.7 Å². The molecule has 1 aromatic heterocycles. The summed E-state index contributed by atoms with van der Waals surface area (Å²) >= 11 is 0. The van der Waals surface area contributed by atoms with Gasteiger partial charge in [0.1, 0.15) is 23.9 Å². The van der Waals surface area contributed by atoms with Crippen molar-refractivity contribution in [1.82, 2.24) is 9.88 Å². The van der Waals surface area contributed by atoms with E-state index >= 15 is 0 Å². The Hall–Kier alpha value is -4.26. The van der Waals surface area contributed by atoms with Crippen molar-refractivity contribution >= 4 is 17.4 Å². The number of carbonyl (C=O) groups is 2. The number of ketones is 1. The van der Waals surface area contributed by atoms with E-state index in [1.165, 1.54) is 23.1 Å². The van der Waals surface area contributed by atoms with Crippen LogP contribution >= 0.6 is 0 Å². The first-order chi connectivity index (χ1) is 16.4. The summed E-state index contributed by atoms with van der Waals surface area (Å²) in [4.78, 5) is 31.5. The van der Waals surface area contributed by atoms with Crippen LogP contribution < -0.4 is 4.74 Å². The van der Waals surface area contributed by atoms with Crippen LogP contribution in [0.4, 0.5) is 4.39 Å². The topological polar surface area (TPSA) is 79.7 Å². The Morgan fingerprint density at radius 2 is 2.00 bits per heavy atom. The molecule has 0 radical (unpaired) electrons. The summed E-state index contributed by atoms with van der Waals surface area (Å²) in [6.45, 7) is 5.76. The minimum absolute atomic E-state index is 0.0293. The fourth-order valence-electron chi connectivity index (χ4n) is 4.01. The number of Topliss-reactive ketones (excluding diaryl/α,β-unsaturated/α-hetero) is 1. The van der Waals surface area contributed by atoms with Crippen LogP contribution in [0.3, 0.4) is 0 Å². The van der Waals surface area contributed by atoms with Crippen molar-refractivity contribution in [2.45, 2.75) is 19.5 Å². The van der Waals surface area contributed by atoms with E-state index in [-0.39, 0.29) is 23.4 Å². The average Bonchev–Trinajstić information content (AvgIpc) is 3.08. The Balaban J connectivity index is 1.84. The number of amides is 1. The summed E-state index contributed by atoms with van der Waals surface area (Å²) in [6, 6.07) is 13.2. The molecule has 6 nitrogen and oxygen atoms in total. The van der Waals surface area contributed by atoms with E-state index in [2.05, 4.69) is 11.6 Å². The van der Waals surface area contributed by atoms with Gasteiger partial charge in [0.15, 0.2) is 0 Å². The lowest BCUT2D eigenvalue weighted by molar-refractivity contribution is -0.140. The maximum absolute atomic E-state index is 14.9. The Morgan fingerprint density at radius 1 is 1.21 bits per heavy atom. The average molecular weight is 458 g/mol. The second-order valence-electron chi connectivity index (χ2n) is 7.89. The smallest absolute Gasteiger partial charge is 0.295 e. The van der Waals surface area contributed by atoms with Gasteiger partial charge in [-0.1, -0.05) is 36.9 Å². The number of halogens is 1. The molecule has 4 rings (SSSR count). The van der Waals surface area contributed by atoms with E-state index in [0.29, 0.717) is 23.5 Å². The van der Waals surface area contributed by atoms with Crippen LogP contribution in [0.15, 0.2) is 85.2 Å². The first kappa shape index (κ1) is 22.9. The van der Waals surface area contributed by atoms with Gasteiger partial charge < -0.3 is 14.7 Å². The van der Waals surface area contributed by atoms with Crippen molar-refractivity contribution in [1.29, 1.82) is 0 Å². The van der Waals surface area contributed by atoms with Gasteiger partial charge in [-0.3, -0.25) is 14.6 Å². The van der Waals surface area contributed by atoms with E-state index in [1.54, 1.807) is 61.8 Å². The number of aromatic nitrogens is 1. The Bertz CT molecular complexity index is 1290. The second-order valence-corrected chi connectivity index (χ2v) is 7.89. The molecular weight excluding hydrogens is 435 g/mol. The third-order valence-corrected chi connectivity index (χ3v) is 5.62. The lowest BCUT2D eigenvalue weighted by atomic mass is 9.94. The third kappa shape index (κ3) is 4.32. The molecule has 1 aliphatic heterocycles. The number of carbonyl (C=O) groups excluding carboxylic acids is 2. The van der Waals surface area contributed by atoms with Crippen molar-refractivity contribution in [3.05, 3.63) is 113 Å². The Kier molecular flexibility index (Phi) is 6.54. The number of rotatable bonds is 7. The summed E-state index contributed by atoms with van der Waals surface area (Å²) < 4.78 is 20.5. The predicted octanol–water partition coefficient (Wildman–Crippen LogP) is 4.72. The normalized spacial score (nSPS) is 17.1. The van der Waals surface area contributed by atoms with Gasteiger partial charge >= 0.3 is 0 Å². The standard InChI is InChI=1S/C27H23FN2O4/c1-3-13-34-22-11-10-19(14-17(22)2)25(31)23-24(20-8-4-5-9-21(20)28)30(27(33)26(23)32)16-18-7-6-12-29-15-18/h3-12,14-15,24,31H,1,13,16H2,2H3/b25-23+. The molecule has 1 amide bonds. The number of aryl methyl sites for hydroxylation is 1. The van der Waals surface area contributed by atoms with Crippen molar-refractivity contribution in [3.63, 3.8) is 0 Å². The minimum atomic E-state index is -1.10. The highest BCUT2D eigenvalue weighted by Crippen LogP contribution is 2.41. The molecule has 172 valence electrons. The molecule has 7 heteroatoms. The van der Waals surface area contributed by atoms with Gasteiger partial charge in [-0.25, -0.2) is 4.39 Å². The van der Waals surface area contributed by atoms with Gasteiger partial charge in [-0.05, 0) is 48.4 Å². The zero-order chi connectivity index (χ0) is 24.2. The summed E-state index contributed by atoms with van der Waals surface area (Å²) in [5.41, 5.74) is 1.67. The van der Waals surface area contributed by atoms with Gasteiger partial charge in [-0.15, -0.1) is 0 Å². The molecule has 0 aliphatic carbocycles. The molecule has 1 saturated heterocycles. The van der Waals surface area contributed by atoms with Gasteiger partial charge in [0, 0.05) is 30.1 Å². The first-order valence-corrected chi connectivity index (χ1v) is 10.7. The largest absolute Gasteiger partial charge is 0.507 e. The molecule has 1 unspecified atom stereocenters. The Morgan fingerprint density at radius 3 is 2.68 bits per heavy atom. The molecule has 1 N–H and O–H groups in total. The summed E-state index contributed by atoms with van der Waals surface area (Å²) in [6.07, 6.45) is 4.78. The SMILES string of the molecule is C=CCOc1ccc(/C(O)=C2\C(=O)C(=O)N(Cc3cccnc3)C2c2ccccc2F)cc1C. The summed E-state index contributed by atoms with van der Waals surface area (Å²) in [5, 5.41) is 11.2. The highest BCUT2D eigenvalue weighted by molar-refractivity contribution is 6.46. The number of aliphatic hydroxyl groups is 1. The molecule has 1 atom stereocenters. The highest BCUT2D eigenvalue weighted by Gasteiger charge is 2.47. The van der Waals surface area contributed by atoms with E-state index < -0.39 is 23.5 Å². The molecule has 0 spiro atoms. The highest BCUT2D eigenvalue weighted by atomic mass is 19.1. The second kappa shape index (κ2) is 9.70. The number of ether oxygens (including phenoxy) is 1. The maximum Gasteiger partial charge on any atom is 0.295 e. The number of benzene rings is 2. The molecule has 0 saturated carbocycles. The van der Waals surface area contributed by atoms with Crippen molar-refractivity contribution in [2.75, 3.05) is 6.61 Å². The number of likely N-dealkylation sites (tertiary alicyclic amines) is 1. The van der Waals surface area contributed by atoms with Crippen LogP contribution in [-0.4, -0.2) is 33.3 Å². The van der Waals surface area contributed by atoms with Gasteiger partial charge in [0.05, 0.1) is 11.6 Å². The molecular formula is C27H23FN2O4. The predicted molar refractivity (Wildman–Crippen MR) is 125 cm³/mol. The molecule has 2 heterocycles.